The summed E-state index contributed by atoms with van der Waals surface area (Å²) in [6.07, 6.45) is 8.60. The van der Waals surface area contributed by atoms with Gasteiger partial charge in [0.1, 0.15) is 0 Å². The maximum absolute atomic E-state index is 3.91. The average molecular weight is 148 g/mol. The van der Waals surface area contributed by atoms with Crippen LogP contribution < -0.4 is 5.32 Å². The van der Waals surface area contributed by atoms with Crippen LogP contribution in [0, 0.1) is 0 Å². The molecule has 58 valence electrons. The van der Waals surface area contributed by atoms with Crippen molar-refractivity contribution in [1.82, 2.24) is 4.98 Å². The Hall–Kier alpha value is -1.31. The SMILES string of the molecule is CC/C=C\Nc1ccncc1. The van der Waals surface area contributed by atoms with Crippen LogP contribution in [0.5, 0.6) is 0 Å². The molecule has 0 aliphatic carbocycles. The second-order valence-electron chi connectivity index (χ2n) is 2.19. The summed E-state index contributed by atoms with van der Waals surface area (Å²) in [4.78, 5) is 3.91. The molecule has 0 aliphatic heterocycles. The number of aromatic nitrogens is 1. The van der Waals surface area contributed by atoms with Gasteiger partial charge in [0.15, 0.2) is 0 Å². The molecular weight excluding hydrogens is 136 g/mol. The molecule has 0 fully saturated rings. The van der Waals surface area contributed by atoms with Crippen LogP contribution in [0.1, 0.15) is 13.3 Å². The minimum atomic E-state index is 1.05. The highest BCUT2D eigenvalue weighted by Crippen LogP contribution is 2.02. The summed E-state index contributed by atoms with van der Waals surface area (Å²) in [6, 6.07) is 3.86. The molecule has 0 unspecified atom stereocenters. The summed E-state index contributed by atoms with van der Waals surface area (Å²) < 4.78 is 0. The van der Waals surface area contributed by atoms with E-state index in [9.17, 15) is 0 Å². The lowest BCUT2D eigenvalue weighted by molar-refractivity contribution is 1.22. The predicted molar refractivity (Wildman–Crippen MR) is 47.3 cm³/mol. The van der Waals surface area contributed by atoms with E-state index in [0.29, 0.717) is 0 Å². The molecule has 1 N–H and O–H groups in total. The summed E-state index contributed by atoms with van der Waals surface area (Å²) in [5.74, 6) is 0. The maximum Gasteiger partial charge on any atom is 0.0410 e. The number of hydrogen-bond donors (Lipinski definition) is 1. The molecule has 2 heteroatoms. The monoisotopic (exact) mass is 148 g/mol. The van der Waals surface area contributed by atoms with Crippen LogP contribution in [0.25, 0.3) is 0 Å². The van der Waals surface area contributed by atoms with Gasteiger partial charge in [-0.1, -0.05) is 13.0 Å². The fraction of sp³-hybridized carbons (Fsp3) is 0.222. The first kappa shape index (κ1) is 7.79. The molecule has 0 bridgehead atoms. The normalized spacial score (nSPS) is 10.3. The Labute approximate surface area is 67.0 Å². The van der Waals surface area contributed by atoms with E-state index in [1.54, 1.807) is 12.4 Å². The summed E-state index contributed by atoms with van der Waals surface area (Å²) in [6.45, 7) is 2.10. The molecule has 0 saturated heterocycles. The highest BCUT2D eigenvalue weighted by molar-refractivity contribution is 5.43. The van der Waals surface area contributed by atoms with Crippen molar-refractivity contribution < 1.29 is 0 Å². The molecular formula is C9H12N2. The number of rotatable bonds is 3. The molecule has 1 rings (SSSR count). The maximum atomic E-state index is 3.91. The minimum Gasteiger partial charge on any atom is -0.362 e. The van der Waals surface area contributed by atoms with Gasteiger partial charge in [-0.15, -0.1) is 0 Å². The highest BCUT2D eigenvalue weighted by Gasteiger charge is 1.82. The first-order valence-electron chi connectivity index (χ1n) is 3.75. The number of nitrogens with one attached hydrogen (secondary N) is 1. The molecule has 1 heterocycles. The standard InChI is InChI=1S/C9H12N2/c1-2-3-6-11-9-4-7-10-8-5-9/h3-8H,2H2,1H3,(H,10,11)/b6-3-. The smallest absolute Gasteiger partial charge is 0.0410 e. The lowest BCUT2D eigenvalue weighted by atomic mass is 10.4. The van der Waals surface area contributed by atoms with E-state index in [0.717, 1.165) is 12.1 Å². The van der Waals surface area contributed by atoms with Crippen LogP contribution in [0.2, 0.25) is 0 Å². The number of pyridine rings is 1. The fourth-order valence-corrected chi connectivity index (χ4v) is 0.721. The Morgan fingerprint density at radius 3 is 2.82 bits per heavy atom. The first-order valence-corrected chi connectivity index (χ1v) is 3.75. The van der Waals surface area contributed by atoms with Gasteiger partial charge in [0.2, 0.25) is 0 Å². The largest absolute Gasteiger partial charge is 0.362 e. The van der Waals surface area contributed by atoms with Crippen molar-refractivity contribution in [1.29, 1.82) is 0 Å². The summed E-state index contributed by atoms with van der Waals surface area (Å²) in [5, 5.41) is 3.12. The van der Waals surface area contributed by atoms with Gasteiger partial charge in [-0.05, 0) is 24.8 Å². The van der Waals surface area contributed by atoms with E-state index in [1.807, 2.05) is 18.3 Å². The molecule has 2 nitrogen and oxygen atoms in total. The Kier molecular flexibility index (Phi) is 3.19. The van der Waals surface area contributed by atoms with Gasteiger partial charge in [0.05, 0.1) is 0 Å². The summed E-state index contributed by atoms with van der Waals surface area (Å²) >= 11 is 0. The molecule has 1 aromatic rings. The predicted octanol–water partition coefficient (Wildman–Crippen LogP) is 2.42. The lowest BCUT2D eigenvalue weighted by Gasteiger charge is -1.96. The molecule has 0 aliphatic rings. The topological polar surface area (TPSA) is 24.9 Å². The number of allylic oxidation sites excluding steroid dienone is 1. The molecule has 0 spiro atoms. The van der Waals surface area contributed by atoms with Crippen molar-refractivity contribution in [2.24, 2.45) is 0 Å². The number of nitrogens with zero attached hydrogens (tertiary/aromatic N) is 1. The molecule has 0 aromatic carbocycles. The zero-order chi connectivity index (χ0) is 7.94. The van der Waals surface area contributed by atoms with E-state index in [-0.39, 0.29) is 0 Å². The Bertz CT molecular complexity index is 216. The molecule has 0 radical (unpaired) electrons. The van der Waals surface area contributed by atoms with E-state index < -0.39 is 0 Å². The van der Waals surface area contributed by atoms with E-state index in [1.165, 1.54) is 0 Å². The van der Waals surface area contributed by atoms with Crippen LogP contribution in [0.4, 0.5) is 5.69 Å². The second-order valence-corrected chi connectivity index (χ2v) is 2.19. The second kappa shape index (κ2) is 4.50. The average Bonchev–Trinajstić information content (AvgIpc) is 2.07. The van der Waals surface area contributed by atoms with Crippen molar-refractivity contribution in [3.05, 3.63) is 36.8 Å². The van der Waals surface area contributed by atoms with Gasteiger partial charge in [0.25, 0.3) is 0 Å². The summed E-state index contributed by atoms with van der Waals surface area (Å²) in [5.41, 5.74) is 1.07. The van der Waals surface area contributed by atoms with E-state index in [4.69, 9.17) is 0 Å². The Morgan fingerprint density at radius 1 is 1.45 bits per heavy atom. The number of anilines is 1. The summed E-state index contributed by atoms with van der Waals surface area (Å²) in [7, 11) is 0. The van der Waals surface area contributed by atoms with Gasteiger partial charge in [-0.2, -0.15) is 0 Å². The molecule has 11 heavy (non-hydrogen) atoms. The van der Waals surface area contributed by atoms with Crippen molar-refractivity contribution in [2.45, 2.75) is 13.3 Å². The van der Waals surface area contributed by atoms with Crippen LogP contribution in [0.3, 0.4) is 0 Å². The highest BCUT2D eigenvalue weighted by atomic mass is 14.8. The van der Waals surface area contributed by atoms with Gasteiger partial charge in [0, 0.05) is 18.1 Å². The van der Waals surface area contributed by atoms with Crippen LogP contribution in [-0.2, 0) is 0 Å². The van der Waals surface area contributed by atoms with Crippen molar-refractivity contribution >= 4 is 5.69 Å². The lowest BCUT2D eigenvalue weighted by Crippen LogP contribution is -1.85. The minimum absolute atomic E-state index is 1.05. The van der Waals surface area contributed by atoms with Gasteiger partial charge in [-0.25, -0.2) is 0 Å². The van der Waals surface area contributed by atoms with E-state index in [2.05, 4.69) is 23.3 Å². The van der Waals surface area contributed by atoms with Crippen LogP contribution in [0.15, 0.2) is 36.8 Å². The zero-order valence-electron chi connectivity index (χ0n) is 6.62. The molecule has 0 amide bonds. The quantitative estimate of drug-likeness (QED) is 0.712. The molecule has 0 saturated carbocycles. The zero-order valence-corrected chi connectivity index (χ0v) is 6.62. The Morgan fingerprint density at radius 2 is 2.18 bits per heavy atom. The third kappa shape index (κ3) is 2.85. The first-order chi connectivity index (χ1) is 5.43. The van der Waals surface area contributed by atoms with Crippen LogP contribution in [-0.4, -0.2) is 4.98 Å². The van der Waals surface area contributed by atoms with Crippen LogP contribution >= 0.6 is 0 Å². The third-order valence-electron chi connectivity index (χ3n) is 1.28. The van der Waals surface area contributed by atoms with Crippen molar-refractivity contribution in [3.8, 4) is 0 Å². The van der Waals surface area contributed by atoms with Gasteiger partial charge >= 0.3 is 0 Å². The molecule has 1 aromatic heterocycles. The van der Waals surface area contributed by atoms with Gasteiger partial charge < -0.3 is 5.32 Å². The van der Waals surface area contributed by atoms with Gasteiger partial charge in [-0.3, -0.25) is 4.98 Å². The third-order valence-corrected chi connectivity index (χ3v) is 1.28. The Balaban J connectivity index is 2.45. The fourth-order valence-electron chi connectivity index (χ4n) is 0.721. The van der Waals surface area contributed by atoms with Crippen molar-refractivity contribution in [3.63, 3.8) is 0 Å². The molecule has 0 atom stereocenters. The number of hydrogen-bond acceptors (Lipinski definition) is 2. The van der Waals surface area contributed by atoms with Crippen molar-refractivity contribution in [2.75, 3.05) is 5.32 Å². The van der Waals surface area contributed by atoms with E-state index >= 15 is 0 Å².